The van der Waals surface area contributed by atoms with Crippen molar-refractivity contribution in [3.63, 3.8) is 0 Å². The summed E-state index contributed by atoms with van der Waals surface area (Å²) < 4.78 is 0. The lowest BCUT2D eigenvalue weighted by Crippen LogP contribution is -2.53. The van der Waals surface area contributed by atoms with Crippen LogP contribution in [0.1, 0.15) is 50.2 Å². The third-order valence-electron chi connectivity index (χ3n) is 4.90. The van der Waals surface area contributed by atoms with Crippen molar-refractivity contribution in [2.75, 3.05) is 13.1 Å². The Bertz CT molecular complexity index is 597. The standard InChI is InChI=1S/C20H32N4O2/c1-3-4-8-18(23-20(21)26)19(25)22-17-9-11-24(12-10-17)14-16-7-5-6-15(2)13-16/h5-7,13,17-18H,3-4,8-12,14H2,1-2H3,(H,22,25)(H3,21,23,26). The number of amides is 3. The Balaban J connectivity index is 1.79. The molecule has 0 spiro atoms. The first kappa shape index (κ1) is 20.2. The molecule has 1 aromatic rings. The Hall–Kier alpha value is -2.08. The van der Waals surface area contributed by atoms with E-state index in [0.29, 0.717) is 6.42 Å². The van der Waals surface area contributed by atoms with Crippen LogP contribution in [0.2, 0.25) is 0 Å². The van der Waals surface area contributed by atoms with E-state index < -0.39 is 12.1 Å². The van der Waals surface area contributed by atoms with Crippen LogP contribution in [0.5, 0.6) is 0 Å². The first-order chi connectivity index (χ1) is 12.5. The van der Waals surface area contributed by atoms with Gasteiger partial charge in [-0.25, -0.2) is 4.79 Å². The third kappa shape index (κ3) is 6.67. The van der Waals surface area contributed by atoms with Gasteiger partial charge < -0.3 is 16.4 Å². The van der Waals surface area contributed by atoms with E-state index in [2.05, 4.69) is 53.6 Å². The molecule has 26 heavy (non-hydrogen) atoms. The van der Waals surface area contributed by atoms with E-state index in [1.165, 1.54) is 11.1 Å². The number of hydrogen-bond donors (Lipinski definition) is 3. The molecule has 0 radical (unpaired) electrons. The van der Waals surface area contributed by atoms with Gasteiger partial charge in [-0.1, -0.05) is 49.6 Å². The fourth-order valence-electron chi connectivity index (χ4n) is 3.45. The first-order valence-corrected chi connectivity index (χ1v) is 9.62. The molecule has 1 saturated heterocycles. The van der Waals surface area contributed by atoms with E-state index in [4.69, 9.17) is 5.73 Å². The number of nitrogens with zero attached hydrogens (tertiary/aromatic N) is 1. The second kappa shape index (κ2) is 10.2. The molecule has 4 N–H and O–H groups in total. The monoisotopic (exact) mass is 360 g/mol. The van der Waals surface area contributed by atoms with E-state index in [-0.39, 0.29) is 11.9 Å². The van der Waals surface area contributed by atoms with Crippen molar-refractivity contribution in [2.45, 2.75) is 64.6 Å². The number of carbonyl (C=O) groups is 2. The Kier molecular flexibility index (Phi) is 7.91. The van der Waals surface area contributed by atoms with Gasteiger partial charge in [-0.2, -0.15) is 0 Å². The number of piperidine rings is 1. The molecular formula is C20H32N4O2. The fourth-order valence-corrected chi connectivity index (χ4v) is 3.45. The summed E-state index contributed by atoms with van der Waals surface area (Å²) in [5.74, 6) is -0.116. The molecular weight excluding hydrogens is 328 g/mol. The number of rotatable bonds is 8. The van der Waals surface area contributed by atoms with Crippen LogP contribution in [-0.4, -0.2) is 42.0 Å². The number of carbonyl (C=O) groups excluding carboxylic acids is 2. The van der Waals surface area contributed by atoms with Crippen LogP contribution in [0, 0.1) is 6.92 Å². The van der Waals surface area contributed by atoms with E-state index >= 15 is 0 Å². The second-order valence-electron chi connectivity index (χ2n) is 7.25. The molecule has 1 unspecified atom stereocenters. The topological polar surface area (TPSA) is 87.5 Å². The Morgan fingerprint density at radius 3 is 2.65 bits per heavy atom. The van der Waals surface area contributed by atoms with Crippen molar-refractivity contribution in [1.82, 2.24) is 15.5 Å². The van der Waals surface area contributed by atoms with Gasteiger partial charge in [0.05, 0.1) is 0 Å². The van der Waals surface area contributed by atoms with Crippen molar-refractivity contribution in [3.05, 3.63) is 35.4 Å². The number of primary amides is 1. The highest BCUT2D eigenvalue weighted by molar-refractivity contribution is 5.86. The Morgan fingerprint density at radius 1 is 1.31 bits per heavy atom. The predicted octanol–water partition coefficient (Wildman–Crippen LogP) is 2.30. The second-order valence-corrected chi connectivity index (χ2v) is 7.25. The SMILES string of the molecule is CCCCC(NC(N)=O)C(=O)NC1CCN(Cc2cccc(C)c2)CC1. The number of unbranched alkanes of at least 4 members (excludes halogenated alkanes) is 1. The minimum Gasteiger partial charge on any atom is -0.352 e. The summed E-state index contributed by atoms with van der Waals surface area (Å²) in [5.41, 5.74) is 7.81. The van der Waals surface area contributed by atoms with Crippen LogP contribution in [0.15, 0.2) is 24.3 Å². The average molecular weight is 361 g/mol. The summed E-state index contributed by atoms with van der Waals surface area (Å²) in [7, 11) is 0. The number of likely N-dealkylation sites (tertiary alicyclic amines) is 1. The summed E-state index contributed by atoms with van der Waals surface area (Å²) in [5, 5.41) is 5.66. The highest BCUT2D eigenvalue weighted by atomic mass is 16.2. The third-order valence-corrected chi connectivity index (χ3v) is 4.90. The molecule has 1 atom stereocenters. The minimum absolute atomic E-state index is 0.116. The largest absolute Gasteiger partial charge is 0.352 e. The summed E-state index contributed by atoms with van der Waals surface area (Å²) in [6, 6.07) is 7.58. The van der Waals surface area contributed by atoms with Gasteiger partial charge in [0.1, 0.15) is 6.04 Å². The summed E-state index contributed by atoms with van der Waals surface area (Å²) in [6.07, 6.45) is 4.33. The van der Waals surface area contributed by atoms with Gasteiger partial charge in [0, 0.05) is 25.7 Å². The van der Waals surface area contributed by atoms with Gasteiger partial charge >= 0.3 is 6.03 Å². The Morgan fingerprint density at radius 2 is 2.04 bits per heavy atom. The van der Waals surface area contributed by atoms with Crippen LogP contribution in [-0.2, 0) is 11.3 Å². The molecule has 6 nitrogen and oxygen atoms in total. The van der Waals surface area contributed by atoms with Gasteiger partial charge in [-0.3, -0.25) is 9.69 Å². The van der Waals surface area contributed by atoms with Crippen molar-refractivity contribution >= 4 is 11.9 Å². The molecule has 6 heteroatoms. The average Bonchev–Trinajstić information content (AvgIpc) is 2.60. The quantitative estimate of drug-likeness (QED) is 0.665. The summed E-state index contributed by atoms with van der Waals surface area (Å²) >= 11 is 0. The van der Waals surface area contributed by atoms with E-state index in [1.807, 2.05) is 0 Å². The highest BCUT2D eigenvalue weighted by Gasteiger charge is 2.25. The lowest BCUT2D eigenvalue weighted by atomic mass is 10.0. The molecule has 1 aliphatic rings. The summed E-state index contributed by atoms with van der Waals surface area (Å²) in [4.78, 5) is 26.0. The zero-order chi connectivity index (χ0) is 18.9. The first-order valence-electron chi connectivity index (χ1n) is 9.62. The maximum absolute atomic E-state index is 12.5. The lowest BCUT2D eigenvalue weighted by Gasteiger charge is -2.33. The zero-order valence-electron chi connectivity index (χ0n) is 16.0. The molecule has 0 aliphatic carbocycles. The smallest absolute Gasteiger partial charge is 0.312 e. The molecule has 1 aliphatic heterocycles. The van der Waals surface area contributed by atoms with E-state index in [0.717, 1.165) is 45.3 Å². The maximum atomic E-state index is 12.5. The fraction of sp³-hybridized carbons (Fsp3) is 0.600. The molecule has 3 amide bonds. The molecule has 1 heterocycles. The van der Waals surface area contributed by atoms with Crippen LogP contribution >= 0.6 is 0 Å². The van der Waals surface area contributed by atoms with E-state index in [1.54, 1.807) is 0 Å². The van der Waals surface area contributed by atoms with Crippen molar-refractivity contribution in [2.24, 2.45) is 5.73 Å². The van der Waals surface area contributed by atoms with Crippen molar-refractivity contribution < 1.29 is 9.59 Å². The number of benzene rings is 1. The molecule has 144 valence electrons. The predicted molar refractivity (Wildman–Crippen MR) is 104 cm³/mol. The van der Waals surface area contributed by atoms with E-state index in [9.17, 15) is 9.59 Å². The molecule has 0 saturated carbocycles. The number of urea groups is 1. The van der Waals surface area contributed by atoms with Gasteiger partial charge in [0.15, 0.2) is 0 Å². The van der Waals surface area contributed by atoms with Crippen LogP contribution in [0.25, 0.3) is 0 Å². The van der Waals surface area contributed by atoms with Crippen LogP contribution in [0.3, 0.4) is 0 Å². The molecule has 1 fully saturated rings. The highest BCUT2D eigenvalue weighted by Crippen LogP contribution is 2.15. The minimum atomic E-state index is -0.644. The Labute approximate surface area is 156 Å². The maximum Gasteiger partial charge on any atom is 0.312 e. The van der Waals surface area contributed by atoms with Crippen LogP contribution in [0.4, 0.5) is 4.79 Å². The number of hydrogen-bond acceptors (Lipinski definition) is 3. The number of nitrogens with two attached hydrogens (primary N) is 1. The molecule has 2 rings (SSSR count). The van der Waals surface area contributed by atoms with Gasteiger partial charge in [-0.15, -0.1) is 0 Å². The van der Waals surface area contributed by atoms with Crippen molar-refractivity contribution in [1.29, 1.82) is 0 Å². The number of aryl methyl sites for hydroxylation is 1. The van der Waals surface area contributed by atoms with Gasteiger partial charge in [0.25, 0.3) is 0 Å². The van der Waals surface area contributed by atoms with Gasteiger partial charge in [-0.05, 0) is 31.7 Å². The lowest BCUT2D eigenvalue weighted by molar-refractivity contribution is -0.124. The molecule has 0 aromatic heterocycles. The molecule has 0 bridgehead atoms. The normalized spacial score (nSPS) is 16.8. The zero-order valence-corrected chi connectivity index (χ0v) is 16.0. The van der Waals surface area contributed by atoms with Crippen molar-refractivity contribution in [3.8, 4) is 0 Å². The number of nitrogens with one attached hydrogen (secondary N) is 2. The van der Waals surface area contributed by atoms with Crippen LogP contribution < -0.4 is 16.4 Å². The van der Waals surface area contributed by atoms with Gasteiger partial charge in [0.2, 0.25) is 5.91 Å². The summed E-state index contributed by atoms with van der Waals surface area (Å²) in [6.45, 7) is 7.04. The molecule has 1 aromatic carbocycles.